The third-order valence-electron chi connectivity index (χ3n) is 4.29. The second kappa shape index (κ2) is 11.8. The molecule has 0 heterocycles. The van der Waals surface area contributed by atoms with Crippen molar-refractivity contribution in [3.05, 3.63) is 58.1 Å². The monoisotopic (exact) mass is 488 g/mol. The Bertz CT molecular complexity index is 978. The van der Waals surface area contributed by atoms with E-state index in [0.717, 1.165) is 10.0 Å². The van der Waals surface area contributed by atoms with E-state index in [1.807, 2.05) is 26.0 Å². The first kappa shape index (κ1) is 24.1. The van der Waals surface area contributed by atoms with Crippen LogP contribution < -0.4 is 20.8 Å². The number of carbonyl (C=O) groups is 3. The van der Waals surface area contributed by atoms with Crippen LogP contribution in [0.2, 0.25) is 0 Å². The highest BCUT2D eigenvalue weighted by atomic mass is 79.9. The number of nitrogens with one attached hydrogen (secondary N) is 3. The Morgan fingerprint density at radius 3 is 2.61 bits per heavy atom. The second-order valence-electron chi connectivity index (χ2n) is 6.82. The van der Waals surface area contributed by atoms with Crippen molar-refractivity contribution in [2.24, 2.45) is 5.10 Å². The lowest BCUT2D eigenvalue weighted by atomic mass is 10.2. The number of hydrazone groups is 1. The standard InChI is InChI=1S/C22H25BrN4O4/c1-4-15(3)25-21(29)22(30)27-24-12-16-7-5-6-8-19(16)31-13-20(28)26-17-9-10-18(23)14(2)11-17/h5-12,15H,4,13H2,1-3H3,(H,25,29)(H,26,28)(H,27,30)/b24-12-/t15-/m0/s1. The lowest BCUT2D eigenvalue weighted by molar-refractivity contribution is -0.139. The molecule has 0 fully saturated rings. The summed E-state index contributed by atoms with van der Waals surface area (Å²) < 4.78 is 6.55. The van der Waals surface area contributed by atoms with Crippen molar-refractivity contribution in [2.45, 2.75) is 33.2 Å². The first-order chi connectivity index (χ1) is 14.8. The van der Waals surface area contributed by atoms with Gasteiger partial charge >= 0.3 is 11.8 Å². The van der Waals surface area contributed by atoms with Crippen molar-refractivity contribution in [1.82, 2.24) is 10.7 Å². The summed E-state index contributed by atoms with van der Waals surface area (Å²) in [7, 11) is 0. The minimum Gasteiger partial charge on any atom is -0.483 e. The maximum Gasteiger partial charge on any atom is 0.329 e. The molecule has 0 bridgehead atoms. The van der Waals surface area contributed by atoms with Gasteiger partial charge in [0.15, 0.2) is 6.61 Å². The quantitative estimate of drug-likeness (QED) is 0.301. The molecule has 2 rings (SSSR count). The molecule has 164 valence electrons. The molecule has 3 N–H and O–H groups in total. The fraction of sp³-hybridized carbons (Fsp3) is 0.273. The predicted molar refractivity (Wildman–Crippen MR) is 123 cm³/mol. The van der Waals surface area contributed by atoms with Gasteiger partial charge in [0.05, 0.1) is 6.21 Å². The molecule has 0 aliphatic rings. The van der Waals surface area contributed by atoms with Crippen molar-refractivity contribution in [3.63, 3.8) is 0 Å². The van der Waals surface area contributed by atoms with E-state index < -0.39 is 11.8 Å². The largest absolute Gasteiger partial charge is 0.483 e. The number of nitrogens with zero attached hydrogens (tertiary/aromatic N) is 1. The maximum atomic E-state index is 12.2. The molecule has 2 aromatic carbocycles. The second-order valence-corrected chi connectivity index (χ2v) is 7.67. The van der Waals surface area contributed by atoms with Crippen LogP contribution in [0.3, 0.4) is 0 Å². The van der Waals surface area contributed by atoms with Gasteiger partial charge in [-0.3, -0.25) is 14.4 Å². The molecule has 0 aromatic heterocycles. The van der Waals surface area contributed by atoms with E-state index in [-0.39, 0.29) is 18.6 Å². The third-order valence-corrected chi connectivity index (χ3v) is 5.18. The number of ether oxygens (including phenoxy) is 1. The van der Waals surface area contributed by atoms with Crippen LogP contribution in [0.25, 0.3) is 0 Å². The van der Waals surface area contributed by atoms with Crippen LogP contribution >= 0.6 is 15.9 Å². The summed E-state index contributed by atoms with van der Waals surface area (Å²) in [5.41, 5.74) is 4.38. The number of benzene rings is 2. The Balaban J connectivity index is 1.91. The molecule has 0 radical (unpaired) electrons. The number of hydrogen-bond acceptors (Lipinski definition) is 5. The molecule has 0 aliphatic heterocycles. The van der Waals surface area contributed by atoms with Gasteiger partial charge in [0.1, 0.15) is 5.75 Å². The minimum absolute atomic E-state index is 0.108. The Labute approximate surface area is 189 Å². The van der Waals surface area contributed by atoms with Crippen molar-refractivity contribution in [2.75, 3.05) is 11.9 Å². The Hall–Kier alpha value is -3.20. The zero-order chi connectivity index (χ0) is 22.8. The zero-order valence-electron chi connectivity index (χ0n) is 17.6. The van der Waals surface area contributed by atoms with Crippen molar-refractivity contribution < 1.29 is 19.1 Å². The molecule has 0 saturated heterocycles. The molecule has 8 nitrogen and oxygen atoms in total. The number of carbonyl (C=O) groups excluding carboxylic acids is 3. The van der Waals surface area contributed by atoms with Crippen molar-refractivity contribution in [1.29, 1.82) is 0 Å². The smallest absolute Gasteiger partial charge is 0.329 e. The summed E-state index contributed by atoms with van der Waals surface area (Å²) in [5, 5.41) is 9.12. The van der Waals surface area contributed by atoms with Gasteiger partial charge in [0, 0.05) is 21.8 Å². The summed E-state index contributed by atoms with van der Waals surface area (Å²) in [5.74, 6) is -1.52. The highest BCUT2D eigenvalue weighted by Crippen LogP contribution is 2.20. The molecule has 0 unspecified atom stereocenters. The molecule has 0 saturated carbocycles. The number of halogens is 1. The average Bonchev–Trinajstić information content (AvgIpc) is 2.75. The van der Waals surface area contributed by atoms with Crippen LogP contribution in [-0.2, 0) is 14.4 Å². The molecule has 3 amide bonds. The summed E-state index contributed by atoms with van der Waals surface area (Å²) in [6.45, 7) is 5.43. The number of anilines is 1. The molecule has 2 aromatic rings. The van der Waals surface area contributed by atoms with Crippen LogP contribution in [0.4, 0.5) is 5.69 Å². The van der Waals surface area contributed by atoms with E-state index in [0.29, 0.717) is 23.4 Å². The van der Waals surface area contributed by atoms with Crippen LogP contribution in [0.15, 0.2) is 52.0 Å². The molecular weight excluding hydrogens is 464 g/mol. The normalized spacial score (nSPS) is 11.6. The van der Waals surface area contributed by atoms with E-state index in [1.165, 1.54) is 6.21 Å². The lowest BCUT2D eigenvalue weighted by Gasteiger charge is -2.11. The molecule has 0 aliphatic carbocycles. The van der Waals surface area contributed by atoms with Gasteiger partial charge in [-0.2, -0.15) is 5.10 Å². The van der Waals surface area contributed by atoms with Gasteiger partial charge in [-0.15, -0.1) is 0 Å². The van der Waals surface area contributed by atoms with Gasteiger partial charge < -0.3 is 15.4 Å². The topological polar surface area (TPSA) is 109 Å². The Morgan fingerprint density at radius 1 is 1.16 bits per heavy atom. The van der Waals surface area contributed by atoms with Crippen LogP contribution in [0.5, 0.6) is 5.75 Å². The first-order valence-corrected chi connectivity index (χ1v) is 10.5. The zero-order valence-corrected chi connectivity index (χ0v) is 19.2. The Morgan fingerprint density at radius 2 is 1.90 bits per heavy atom. The SMILES string of the molecule is CC[C@H](C)NC(=O)C(=O)N/N=C\c1ccccc1OCC(=O)Nc1ccc(Br)c(C)c1. The number of rotatable bonds is 8. The lowest BCUT2D eigenvalue weighted by Crippen LogP contribution is -2.41. The van der Waals surface area contributed by atoms with Gasteiger partial charge in [-0.05, 0) is 56.2 Å². The van der Waals surface area contributed by atoms with E-state index in [4.69, 9.17) is 4.74 Å². The van der Waals surface area contributed by atoms with Crippen LogP contribution in [-0.4, -0.2) is 36.6 Å². The first-order valence-electron chi connectivity index (χ1n) is 9.71. The Kier molecular flexibility index (Phi) is 9.20. The third kappa shape index (κ3) is 7.86. The van der Waals surface area contributed by atoms with Crippen LogP contribution in [0.1, 0.15) is 31.4 Å². The highest BCUT2D eigenvalue weighted by Gasteiger charge is 2.14. The summed E-state index contributed by atoms with van der Waals surface area (Å²) in [6, 6.07) is 12.3. The fourth-order valence-corrected chi connectivity index (χ4v) is 2.63. The molecule has 0 spiro atoms. The van der Waals surface area contributed by atoms with Gasteiger partial charge in [0.2, 0.25) is 0 Å². The van der Waals surface area contributed by atoms with Gasteiger partial charge in [0.25, 0.3) is 5.91 Å². The molecular formula is C22H25BrN4O4. The summed E-state index contributed by atoms with van der Waals surface area (Å²) >= 11 is 3.42. The summed E-state index contributed by atoms with van der Waals surface area (Å²) in [4.78, 5) is 35.7. The fourth-order valence-electron chi connectivity index (χ4n) is 2.38. The number of aryl methyl sites for hydroxylation is 1. The summed E-state index contributed by atoms with van der Waals surface area (Å²) in [6.07, 6.45) is 2.06. The number of hydrogen-bond donors (Lipinski definition) is 3. The van der Waals surface area contributed by atoms with E-state index in [9.17, 15) is 14.4 Å². The molecule has 31 heavy (non-hydrogen) atoms. The molecule has 9 heteroatoms. The van der Waals surface area contributed by atoms with Crippen LogP contribution in [0, 0.1) is 6.92 Å². The highest BCUT2D eigenvalue weighted by molar-refractivity contribution is 9.10. The van der Waals surface area contributed by atoms with Gasteiger partial charge in [-0.1, -0.05) is 35.0 Å². The van der Waals surface area contributed by atoms with Crippen molar-refractivity contribution >= 4 is 45.6 Å². The van der Waals surface area contributed by atoms with E-state index >= 15 is 0 Å². The van der Waals surface area contributed by atoms with Crippen molar-refractivity contribution in [3.8, 4) is 5.75 Å². The average molecular weight is 489 g/mol. The van der Waals surface area contributed by atoms with E-state index in [2.05, 4.69) is 37.1 Å². The number of amides is 3. The maximum absolute atomic E-state index is 12.2. The van der Waals surface area contributed by atoms with Gasteiger partial charge in [-0.25, -0.2) is 5.43 Å². The predicted octanol–water partition coefficient (Wildman–Crippen LogP) is 3.14. The molecule has 1 atom stereocenters. The number of para-hydroxylation sites is 1. The van der Waals surface area contributed by atoms with E-state index in [1.54, 1.807) is 37.3 Å². The minimum atomic E-state index is -0.862.